The second kappa shape index (κ2) is 7.85. The van der Waals surface area contributed by atoms with Crippen LogP contribution < -0.4 is 10.5 Å². The Morgan fingerprint density at radius 1 is 1.20 bits per heavy atom. The van der Waals surface area contributed by atoms with Crippen molar-refractivity contribution in [3.05, 3.63) is 58.9 Å². The van der Waals surface area contributed by atoms with Crippen molar-refractivity contribution in [2.24, 2.45) is 5.73 Å². The van der Waals surface area contributed by atoms with E-state index in [1.54, 1.807) is 6.20 Å². The summed E-state index contributed by atoms with van der Waals surface area (Å²) in [6.45, 7) is 11.6. The van der Waals surface area contributed by atoms with Crippen LogP contribution in [-0.2, 0) is 5.60 Å². The summed E-state index contributed by atoms with van der Waals surface area (Å²) in [7, 11) is 0. The number of hydrogen-bond acceptors (Lipinski definition) is 5. The third-order valence-electron chi connectivity index (χ3n) is 4.81. The summed E-state index contributed by atoms with van der Waals surface area (Å²) in [6.07, 6.45) is 1.69. The normalized spacial score (nSPS) is 11.7. The second-order valence-electron chi connectivity index (χ2n) is 8.07. The highest BCUT2D eigenvalue weighted by Gasteiger charge is 2.33. The summed E-state index contributed by atoms with van der Waals surface area (Å²) < 4.78 is 22.8. The lowest BCUT2D eigenvalue weighted by molar-refractivity contribution is 0.0910. The number of primary amides is 1. The molecule has 0 radical (unpaired) electrons. The van der Waals surface area contributed by atoms with Crippen LogP contribution in [0.4, 0.5) is 4.39 Å². The number of carbonyl (C=O) groups excluding carboxylic acids is 1. The summed E-state index contributed by atoms with van der Waals surface area (Å²) in [5, 5.41) is 8.59. The van der Waals surface area contributed by atoms with Gasteiger partial charge in [-0.25, -0.2) is 4.39 Å². The molecule has 0 saturated heterocycles. The van der Waals surface area contributed by atoms with Crippen LogP contribution in [0.5, 0.6) is 5.75 Å². The first-order valence-electron chi connectivity index (χ1n) is 9.68. The first-order valence-corrected chi connectivity index (χ1v) is 9.68. The number of aromatic nitrogens is 4. The molecule has 2 N–H and O–H groups in total. The number of carbonyl (C=O) groups is 1. The predicted octanol–water partition coefficient (Wildman–Crippen LogP) is 4.09. The molecule has 158 valence electrons. The van der Waals surface area contributed by atoms with E-state index in [-0.39, 0.29) is 17.2 Å². The zero-order valence-electron chi connectivity index (χ0n) is 18.0. The molecule has 0 atom stereocenters. The molecule has 0 fully saturated rings. The number of nitrogens with zero attached hydrogens (tertiary/aromatic N) is 4. The van der Waals surface area contributed by atoms with Gasteiger partial charge < -0.3 is 15.0 Å². The van der Waals surface area contributed by atoms with Gasteiger partial charge in [-0.3, -0.25) is 9.78 Å². The Kier molecular flexibility index (Phi) is 5.61. The second-order valence-corrected chi connectivity index (χ2v) is 8.07. The van der Waals surface area contributed by atoms with E-state index in [2.05, 4.69) is 15.2 Å². The van der Waals surface area contributed by atoms with Gasteiger partial charge in [0.15, 0.2) is 17.2 Å². The van der Waals surface area contributed by atoms with Crippen molar-refractivity contribution >= 4 is 5.91 Å². The van der Waals surface area contributed by atoms with Crippen LogP contribution in [0.2, 0.25) is 0 Å². The molecule has 0 bridgehead atoms. The molecular weight excluding hydrogens is 385 g/mol. The number of halogens is 1. The number of nitrogens with two attached hydrogens (primary N) is 1. The molecule has 1 aromatic carbocycles. The summed E-state index contributed by atoms with van der Waals surface area (Å²) in [6, 6.07) is 5.95. The minimum Gasteiger partial charge on any atom is -0.478 e. The van der Waals surface area contributed by atoms with Gasteiger partial charge in [0, 0.05) is 17.3 Å². The zero-order valence-corrected chi connectivity index (χ0v) is 18.0. The molecule has 0 aliphatic heterocycles. The highest BCUT2D eigenvalue weighted by molar-refractivity contribution is 5.93. The Bertz CT molecular complexity index is 1100. The fourth-order valence-corrected chi connectivity index (χ4v) is 3.34. The van der Waals surface area contributed by atoms with Crippen LogP contribution in [0.3, 0.4) is 0 Å². The Labute approximate surface area is 175 Å². The van der Waals surface area contributed by atoms with Crippen molar-refractivity contribution in [1.29, 1.82) is 0 Å². The fraction of sp³-hybridized carbons (Fsp3) is 0.364. The molecule has 2 heterocycles. The largest absolute Gasteiger partial charge is 0.478 e. The highest BCUT2D eigenvalue weighted by atomic mass is 19.1. The maximum Gasteiger partial charge on any atom is 0.248 e. The van der Waals surface area contributed by atoms with E-state index in [0.717, 1.165) is 17.3 Å². The summed E-state index contributed by atoms with van der Waals surface area (Å²) in [5.74, 6) is 0.254. The van der Waals surface area contributed by atoms with E-state index in [4.69, 9.17) is 10.5 Å². The Morgan fingerprint density at radius 3 is 2.47 bits per heavy atom. The lowest BCUT2D eigenvalue weighted by atomic mass is 10.1. The summed E-state index contributed by atoms with van der Waals surface area (Å²) in [4.78, 5) is 15.6. The summed E-state index contributed by atoms with van der Waals surface area (Å²) >= 11 is 0. The number of aryl methyl sites for hydroxylation is 2. The van der Waals surface area contributed by atoms with Crippen LogP contribution in [-0.4, -0.2) is 25.7 Å². The van der Waals surface area contributed by atoms with Gasteiger partial charge in [-0.15, -0.1) is 10.2 Å². The number of hydrogen-bond donors (Lipinski definition) is 1. The average molecular weight is 411 g/mol. The van der Waals surface area contributed by atoms with E-state index in [9.17, 15) is 9.18 Å². The SMILES string of the molecule is Cc1cc(C)c(OC(C)(C)c2nnc(-c3ccc(C(N)=O)cc3F)n2C(C)C)cn1. The smallest absolute Gasteiger partial charge is 0.248 e. The molecule has 30 heavy (non-hydrogen) atoms. The van der Waals surface area contributed by atoms with E-state index in [1.807, 2.05) is 52.2 Å². The minimum absolute atomic E-state index is 0.0691. The van der Waals surface area contributed by atoms with Gasteiger partial charge in [0.1, 0.15) is 11.6 Å². The van der Waals surface area contributed by atoms with Crippen molar-refractivity contribution in [3.8, 4) is 17.1 Å². The van der Waals surface area contributed by atoms with E-state index < -0.39 is 17.3 Å². The number of pyridine rings is 1. The number of ether oxygens (including phenoxy) is 1. The Morgan fingerprint density at radius 2 is 1.90 bits per heavy atom. The topological polar surface area (TPSA) is 95.9 Å². The molecule has 0 saturated carbocycles. The number of benzene rings is 1. The van der Waals surface area contributed by atoms with Crippen molar-refractivity contribution in [3.63, 3.8) is 0 Å². The molecule has 2 aromatic heterocycles. The van der Waals surface area contributed by atoms with Gasteiger partial charge in [0.25, 0.3) is 0 Å². The number of amides is 1. The maximum absolute atomic E-state index is 14.8. The summed E-state index contributed by atoms with van der Waals surface area (Å²) in [5.41, 5.74) is 6.57. The van der Waals surface area contributed by atoms with Gasteiger partial charge in [0.05, 0.1) is 11.8 Å². The maximum atomic E-state index is 14.8. The Balaban J connectivity index is 2.07. The average Bonchev–Trinajstić information content (AvgIpc) is 3.10. The van der Waals surface area contributed by atoms with Gasteiger partial charge in [-0.05, 0) is 71.4 Å². The zero-order chi connectivity index (χ0) is 22.2. The van der Waals surface area contributed by atoms with E-state index >= 15 is 0 Å². The van der Waals surface area contributed by atoms with Gasteiger partial charge >= 0.3 is 0 Å². The minimum atomic E-state index is -0.860. The molecule has 1 amide bonds. The van der Waals surface area contributed by atoms with Crippen LogP contribution in [0.15, 0.2) is 30.5 Å². The quantitative estimate of drug-likeness (QED) is 0.659. The molecule has 8 heteroatoms. The van der Waals surface area contributed by atoms with Crippen molar-refractivity contribution < 1.29 is 13.9 Å². The standard InChI is InChI=1S/C22H26FN5O2/c1-12(2)28-20(16-8-7-15(19(24)29)10-17(16)23)26-27-21(28)22(5,6)30-18-11-25-14(4)9-13(18)3/h7-12H,1-6H3,(H2,24,29). The van der Waals surface area contributed by atoms with Crippen molar-refractivity contribution in [2.45, 2.75) is 53.2 Å². The van der Waals surface area contributed by atoms with Gasteiger partial charge in [-0.1, -0.05) is 0 Å². The predicted molar refractivity (Wildman–Crippen MR) is 112 cm³/mol. The molecular formula is C22H26FN5O2. The third kappa shape index (κ3) is 4.03. The first kappa shape index (κ1) is 21.4. The first-order chi connectivity index (χ1) is 14.0. The fourth-order valence-electron chi connectivity index (χ4n) is 3.34. The van der Waals surface area contributed by atoms with Gasteiger partial charge in [0.2, 0.25) is 5.91 Å². The molecule has 0 spiro atoms. The Hall–Kier alpha value is -3.29. The van der Waals surface area contributed by atoms with E-state index in [1.165, 1.54) is 12.1 Å². The molecule has 0 unspecified atom stereocenters. The van der Waals surface area contributed by atoms with Crippen LogP contribution in [0.1, 0.15) is 61.2 Å². The molecule has 0 aliphatic rings. The molecule has 7 nitrogen and oxygen atoms in total. The molecule has 0 aliphatic carbocycles. The number of rotatable bonds is 6. The lowest BCUT2D eigenvalue weighted by Gasteiger charge is -2.28. The van der Waals surface area contributed by atoms with Crippen LogP contribution in [0.25, 0.3) is 11.4 Å². The van der Waals surface area contributed by atoms with E-state index in [0.29, 0.717) is 17.4 Å². The monoisotopic (exact) mass is 411 g/mol. The molecule has 3 aromatic rings. The third-order valence-corrected chi connectivity index (χ3v) is 4.81. The lowest BCUT2D eigenvalue weighted by Crippen LogP contribution is -2.31. The van der Waals surface area contributed by atoms with Crippen molar-refractivity contribution in [1.82, 2.24) is 19.7 Å². The van der Waals surface area contributed by atoms with Crippen molar-refractivity contribution in [2.75, 3.05) is 0 Å². The highest BCUT2D eigenvalue weighted by Crippen LogP contribution is 2.33. The van der Waals surface area contributed by atoms with Crippen LogP contribution in [0, 0.1) is 19.7 Å². The van der Waals surface area contributed by atoms with Crippen LogP contribution >= 0.6 is 0 Å². The molecule has 3 rings (SSSR count). The van der Waals surface area contributed by atoms with Gasteiger partial charge in [-0.2, -0.15) is 0 Å².